The van der Waals surface area contributed by atoms with Gasteiger partial charge in [-0.2, -0.15) is 8.42 Å². The lowest BCUT2D eigenvalue weighted by molar-refractivity contribution is 0.0944. The Morgan fingerprint density at radius 2 is 1.72 bits per heavy atom. The number of fused-ring (bicyclic) bond motifs is 1. The zero-order valence-corrected chi connectivity index (χ0v) is 25.7. The Labute approximate surface area is 249 Å². The van der Waals surface area contributed by atoms with Gasteiger partial charge in [-0.1, -0.05) is 35.9 Å². The molecular formula is C28H28N4O8S3. The van der Waals surface area contributed by atoms with Crippen LogP contribution in [0.1, 0.15) is 34.5 Å². The minimum atomic E-state index is -4.50. The number of sulfonamides is 1. The zero-order valence-electron chi connectivity index (χ0n) is 23.2. The molecule has 1 N–H and O–H groups in total. The van der Waals surface area contributed by atoms with Gasteiger partial charge in [0.05, 0.1) is 10.6 Å². The van der Waals surface area contributed by atoms with Crippen LogP contribution >= 0.6 is 0 Å². The molecule has 12 nitrogen and oxygen atoms in total. The molecule has 0 aliphatic carbocycles. The zero-order chi connectivity index (χ0) is 31.0. The fourth-order valence-corrected chi connectivity index (χ4v) is 8.16. The number of nitrogens with zero attached hydrogens (tertiary/aromatic N) is 3. The van der Waals surface area contributed by atoms with Crippen LogP contribution in [0.15, 0.2) is 76.7 Å². The highest BCUT2D eigenvalue weighted by Gasteiger charge is 2.33. The minimum absolute atomic E-state index is 0.00181. The summed E-state index contributed by atoms with van der Waals surface area (Å²) in [6, 6.07) is 15.0. The smallest absolute Gasteiger partial charge is 0.339 e. The number of carbonyl (C=O) groups excluding carboxylic acids is 1. The summed E-state index contributed by atoms with van der Waals surface area (Å²) < 4.78 is 84.0. The van der Waals surface area contributed by atoms with Crippen molar-refractivity contribution in [3.05, 3.63) is 83.7 Å². The summed E-state index contributed by atoms with van der Waals surface area (Å²) in [5.41, 5.74) is 0.472. The van der Waals surface area contributed by atoms with Gasteiger partial charge in [0, 0.05) is 30.9 Å². The van der Waals surface area contributed by atoms with Gasteiger partial charge in [-0.05, 0) is 55.7 Å². The van der Waals surface area contributed by atoms with Crippen LogP contribution in [0.4, 0.5) is 5.82 Å². The molecule has 1 fully saturated rings. The van der Waals surface area contributed by atoms with Crippen LogP contribution in [0.25, 0.3) is 10.9 Å². The quantitative estimate of drug-likeness (QED) is 0.281. The van der Waals surface area contributed by atoms with Gasteiger partial charge < -0.3 is 9.50 Å². The van der Waals surface area contributed by atoms with E-state index in [0.29, 0.717) is 12.8 Å². The van der Waals surface area contributed by atoms with E-state index in [9.17, 15) is 30.0 Å². The standard InChI is InChI=1S/C28H28N4O8S3/c1-19-11-13-21(14-12-19)43(38,39)40-26-24-22(9-7-15-29-24)27(32-16-5-6-17-42(32,36)37)31-25(26)28(33)30-18-20-8-3-4-10-23(20)41(2,34)35/h3-4,7-15H,5-6,16-18H2,1-2H3,(H,30,33). The molecule has 0 bridgehead atoms. The van der Waals surface area contributed by atoms with Crippen LogP contribution in [0, 0.1) is 6.92 Å². The van der Waals surface area contributed by atoms with E-state index < -0.39 is 47.3 Å². The molecule has 226 valence electrons. The second kappa shape index (κ2) is 11.5. The first kappa shape index (κ1) is 30.4. The van der Waals surface area contributed by atoms with Crippen molar-refractivity contribution in [2.24, 2.45) is 0 Å². The van der Waals surface area contributed by atoms with E-state index in [4.69, 9.17) is 4.18 Å². The number of nitrogens with one attached hydrogen (secondary N) is 1. The average molecular weight is 645 g/mol. The molecular weight excluding hydrogens is 617 g/mol. The van der Waals surface area contributed by atoms with E-state index in [1.807, 2.05) is 0 Å². The number of hydrogen-bond acceptors (Lipinski definition) is 10. The van der Waals surface area contributed by atoms with Gasteiger partial charge in [0.15, 0.2) is 21.3 Å². The van der Waals surface area contributed by atoms with Gasteiger partial charge in [-0.15, -0.1) is 0 Å². The first-order valence-electron chi connectivity index (χ1n) is 13.1. The second-order valence-electron chi connectivity index (χ2n) is 10.0. The van der Waals surface area contributed by atoms with Crippen LogP contribution in [-0.4, -0.2) is 59.7 Å². The number of amides is 1. The van der Waals surface area contributed by atoms with Gasteiger partial charge in [0.1, 0.15) is 10.4 Å². The highest BCUT2D eigenvalue weighted by molar-refractivity contribution is 7.92. The van der Waals surface area contributed by atoms with Crippen molar-refractivity contribution in [3.63, 3.8) is 0 Å². The third-order valence-electron chi connectivity index (χ3n) is 6.81. The Morgan fingerprint density at radius 3 is 2.42 bits per heavy atom. The summed E-state index contributed by atoms with van der Waals surface area (Å²) in [5.74, 6) is -1.64. The number of hydrogen-bond donors (Lipinski definition) is 1. The predicted octanol–water partition coefficient (Wildman–Crippen LogP) is 2.97. The third-order valence-corrected chi connectivity index (χ3v) is 11.1. The lowest BCUT2D eigenvalue weighted by Gasteiger charge is -2.28. The largest absolute Gasteiger partial charge is 0.374 e. The molecule has 0 atom stereocenters. The topological polar surface area (TPSA) is 170 Å². The summed E-state index contributed by atoms with van der Waals surface area (Å²) in [7, 11) is -11.9. The SMILES string of the molecule is Cc1ccc(S(=O)(=O)Oc2c(C(=O)NCc3ccccc3S(C)(=O)=O)nc(N3CCCCS3(=O)=O)c3cccnc23)cc1. The molecule has 0 unspecified atom stereocenters. The number of rotatable bonds is 8. The monoisotopic (exact) mass is 644 g/mol. The normalized spacial score (nSPS) is 15.3. The Balaban J connectivity index is 1.66. The Bertz CT molecular complexity index is 2050. The summed E-state index contributed by atoms with van der Waals surface area (Å²) >= 11 is 0. The second-order valence-corrected chi connectivity index (χ2v) is 15.6. The van der Waals surface area contributed by atoms with E-state index in [-0.39, 0.29) is 50.9 Å². The third kappa shape index (κ3) is 6.33. The fraction of sp³-hybridized carbons (Fsp3) is 0.250. The highest BCUT2D eigenvalue weighted by atomic mass is 32.2. The molecule has 1 aliphatic rings. The maximum absolute atomic E-state index is 13.7. The molecule has 2 aromatic carbocycles. The first-order chi connectivity index (χ1) is 20.3. The van der Waals surface area contributed by atoms with E-state index in [1.54, 1.807) is 31.2 Å². The van der Waals surface area contributed by atoms with Crippen LogP contribution < -0.4 is 13.8 Å². The maximum atomic E-state index is 13.7. The number of carbonyl (C=O) groups is 1. The van der Waals surface area contributed by atoms with Crippen molar-refractivity contribution in [2.45, 2.75) is 36.1 Å². The molecule has 5 rings (SSSR count). The van der Waals surface area contributed by atoms with Gasteiger partial charge in [0.25, 0.3) is 5.91 Å². The molecule has 4 aromatic rings. The lowest BCUT2D eigenvalue weighted by Crippen LogP contribution is -2.39. The van der Waals surface area contributed by atoms with Gasteiger partial charge in [0.2, 0.25) is 15.8 Å². The first-order valence-corrected chi connectivity index (χ1v) is 18.1. The van der Waals surface area contributed by atoms with Crippen molar-refractivity contribution in [3.8, 4) is 5.75 Å². The molecule has 0 radical (unpaired) electrons. The van der Waals surface area contributed by atoms with E-state index >= 15 is 0 Å². The minimum Gasteiger partial charge on any atom is -0.374 e. The summed E-state index contributed by atoms with van der Waals surface area (Å²) in [6.45, 7) is 1.63. The molecule has 0 spiro atoms. The van der Waals surface area contributed by atoms with Crippen LogP contribution in [0.2, 0.25) is 0 Å². The van der Waals surface area contributed by atoms with E-state index in [2.05, 4.69) is 15.3 Å². The van der Waals surface area contributed by atoms with E-state index in [1.165, 1.54) is 42.6 Å². The predicted molar refractivity (Wildman–Crippen MR) is 160 cm³/mol. The fourth-order valence-electron chi connectivity index (χ4n) is 4.68. The van der Waals surface area contributed by atoms with Crippen molar-refractivity contribution in [1.82, 2.24) is 15.3 Å². The van der Waals surface area contributed by atoms with Crippen molar-refractivity contribution < 1.29 is 34.2 Å². The molecule has 1 saturated heterocycles. The van der Waals surface area contributed by atoms with Crippen LogP contribution in [0.3, 0.4) is 0 Å². The van der Waals surface area contributed by atoms with Crippen molar-refractivity contribution >= 4 is 52.6 Å². The van der Waals surface area contributed by atoms with Crippen LogP contribution in [-0.2, 0) is 36.5 Å². The summed E-state index contributed by atoms with van der Waals surface area (Å²) in [4.78, 5) is 22.2. The maximum Gasteiger partial charge on any atom is 0.339 e. The number of anilines is 1. The highest BCUT2D eigenvalue weighted by Crippen LogP contribution is 2.37. The van der Waals surface area contributed by atoms with Crippen LogP contribution in [0.5, 0.6) is 5.75 Å². The number of benzene rings is 2. The number of sulfone groups is 1. The van der Waals surface area contributed by atoms with Gasteiger partial charge >= 0.3 is 10.1 Å². The molecule has 0 saturated carbocycles. The van der Waals surface area contributed by atoms with Crippen molar-refractivity contribution in [2.75, 3.05) is 22.9 Å². The average Bonchev–Trinajstić information content (AvgIpc) is 2.96. The Morgan fingerprint density at radius 1 is 1.00 bits per heavy atom. The van der Waals surface area contributed by atoms with Gasteiger partial charge in [-0.25, -0.2) is 21.8 Å². The van der Waals surface area contributed by atoms with E-state index in [0.717, 1.165) is 16.1 Å². The number of pyridine rings is 2. The molecule has 1 aliphatic heterocycles. The molecule has 3 heterocycles. The molecule has 43 heavy (non-hydrogen) atoms. The van der Waals surface area contributed by atoms with Gasteiger partial charge in [-0.3, -0.25) is 14.1 Å². The molecule has 15 heteroatoms. The summed E-state index contributed by atoms with van der Waals surface area (Å²) in [5, 5.41) is 2.75. The Hall–Kier alpha value is -4.08. The summed E-state index contributed by atoms with van der Waals surface area (Å²) in [6.07, 6.45) is 3.40. The molecule has 2 aromatic heterocycles. The molecule has 1 amide bonds. The Kier molecular flexibility index (Phi) is 8.15. The number of aryl methyl sites for hydroxylation is 1. The van der Waals surface area contributed by atoms with Crippen molar-refractivity contribution in [1.29, 1.82) is 0 Å². The number of aromatic nitrogens is 2. The lowest BCUT2D eigenvalue weighted by atomic mass is 10.1.